The van der Waals surface area contributed by atoms with Gasteiger partial charge in [0.25, 0.3) is 5.69 Å². The number of rotatable bonds is 11. The van der Waals surface area contributed by atoms with Crippen LogP contribution in [0.2, 0.25) is 18.1 Å². The second-order valence-corrected chi connectivity index (χ2v) is 19.1. The molecule has 3 rings (SSSR count). The Morgan fingerprint density at radius 2 is 1.71 bits per heavy atom. The molecule has 11 nitrogen and oxygen atoms in total. The number of hydrogen-bond acceptors (Lipinski definition) is 11. The quantitative estimate of drug-likeness (QED) is 0.0708. The van der Waals surface area contributed by atoms with Crippen molar-refractivity contribution in [3.05, 3.63) is 81.0 Å². The molecule has 1 saturated heterocycles. The minimum Gasteiger partial charge on any atom is -0.456 e. The van der Waals surface area contributed by atoms with Gasteiger partial charge < -0.3 is 29.6 Å². The molecule has 45 heavy (non-hydrogen) atoms. The number of aliphatic hydroxyl groups excluding tert-OH is 1. The molecular weight excluding hydrogens is 635 g/mol. The van der Waals surface area contributed by atoms with Crippen molar-refractivity contribution in [1.82, 2.24) is 4.90 Å². The molecule has 2 aromatic carbocycles. The number of aliphatic hydroxyl groups is 1. The first-order chi connectivity index (χ1) is 20.8. The van der Waals surface area contributed by atoms with Gasteiger partial charge in [-0.3, -0.25) is 14.9 Å². The normalized spacial score (nSPS) is 18.8. The fraction of sp³-hybridized carbons (Fsp3) is 0.452. The Hall–Kier alpha value is -3.30. The summed E-state index contributed by atoms with van der Waals surface area (Å²) in [5.74, 6) is -1.27. The van der Waals surface area contributed by atoms with Crippen molar-refractivity contribution >= 4 is 54.2 Å². The molecule has 3 N–H and O–H groups in total. The molecule has 0 bridgehead atoms. The van der Waals surface area contributed by atoms with Gasteiger partial charge in [-0.05, 0) is 98.7 Å². The van der Waals surface area contributed by atoms with E-state index in [-0.39, 0.29) is 33.5 Å². The number of esters is 1. The molecule has 0 saturated carbocycles. The predicted molar refractivity (Wildman–Crippen MR) is 180 cm³/mol. The zero-order valence-electron chi connectivity index (χ0n) is 26.7. The van der Waals surface area contributed by atoms with E-state index in [1.165, 1.54) is 48.2 Å². The summed E-state index contributed by atoms with van der Waals surface area (Å²) in [6, 6.07) is 11.9. The van der Waals surface area contributed by atoms with Crippen LogP contribution in [-0.2, 0) is 20.6 Å². The fourth-order valence-corrected chi connectivity index (χ4v) is 7.60. The molecule has 1 fully saturated rings. The number of nitro groups is 1. The third kappa shape index (κ3) is 8.70. The van der Waals surface area contributed by atoms with Crippen LogP contribution in [0.15, 0.2) is 59.8 Å². The topological polar surface area (TPSA) is 154 Å². The van der Waals surface area contributed by atoms with E-state index >= 15 is 0 Å². The van der Waals surface area contributed by atoms with Gasteiger partial charge >= 0.3 is 5.97 Å². The number of allylic oxidation sites excluding steroid dienone is 1. The van der Waals surface area contributed by atoms with E-state index in [0.29, 0.717) is 22.4 Å². The van der Waals surface area contributed by atoms with Gasteiger partial charge in [0.05, 0.1) is 22.3 Å². The number of benzene rings is 2. The first kappa shape index (κ1) is 36.2. The SMILES string of the molecule is CC(C)=C(C(=O)OCc1ccc([N+](=O)[O-])cc1)N1C(O)C([C@@H](C)O[Si](C)(C)C(C)(C)C)C1SC(=S)Oc1ccc(C(N)=O)cc1. The maximum atomic E-state index is 13.5. The van der Waals surface area contributed by atoms with Crippen LogP contribution in [0.4, 0.5) is 5.69 Å². The van der Waals surface area contributed by atoms with Gasteiger partial charge in [-0.1, -0.05) is 32.5 Å². The minimum absolute atomic E-state index is 0.0688. The summed E-state index contributed by atoms with van der Waals surface area (Å²) in [5, 5.41) is 21.9. The summed E-state index contributed by atoms with van der Waals surface area (Å²) in [7, 11) is -2.23. The van der Waals surface area contributed by atoms with Crippen molar-refractivity contribution in [2.75, 3.05) is 0 Å². The number of thiocarbonyl (C=S) groups is 1. The number of thioether (sulfide) groups is 1. The lowest BCUT2D eigenvalue weighted by molar-refractivity contribution is -0.384. The van der Waals surface area contributed by atoms with E-state index in [0.717, 1.165) is 0 Å². The maximum absolute atomic E-state index is 13.5. The molecule has 4 atom stereocenters. The number of amides is 1. The highest BCUT2D eigenvalue weighted by Gasteiger charge is 2.55. The Bertz CT molecular complexity index is 1450. The summed E-state index contributed by atoms with van der Waals surface area (Å²) in [5.41, 5.74) is 6.94. The lowest BCUT2D eigenvalue weighted by atomic mass is 9.90. The van der Waals surface area contributed by atoms with Crippen LogP contribution in [0.25, 0.3) is 0 Å². The number of nitro benzene ring substituents is 1. The summed E-state index contributed by atoms with van der Waals surface area (Å²) in [6.07, 6.45) is -1.47. The Morgan fingerprint density at radius 3 is 2.20 bits per heavy atom. The Morgan fingerprint density at radius 1 is 1.13 bits per heavy atom. The number of nitrogens with two attached hydrogens (primary N) is 1. The molecule has 0 aromatic heterocycles. The summed E-state index contributed by atoms with van der Waals surface area (Å²) in [6.45, 7) is 16.0. The number of likely N-dealkylation sites (tertiary alicyclic amines) is 1. The van der Waals surface area contributed by atoms with Gasteiger partial charge in [-0.25, -0.2) is 4.79 Å². The van der Waals surface area contributed by atoms with Gasteiger partial charge in [0.2, 0.25) is 10.3 Å². The first-order valence-corrected chi connectivity index (χ1v) is 18.5. The van der Waals surface area contributed by atoms with Crippen LogP contribution in [0.3, 0.4) is 0 Å². The Balaban J connectivity index is 1.86. The lowest BCUT2D eigenvalue weighted by Gasteiger charge is -2.56. The number of ether oxygens (including phenoxy) is 2. The van der Waals surface area contributed by atoms with E-state index in [2.05, 4.69) is 33.9 Å². The molecule has 1 amide bonds. The van der Waals surface area contributed by atoms with Gasteiger partial charge in [-0.2, -0.15) is 0 Å². The van der Waals surface area contributed by atoms with Crippen LogP contribution in [0.1, 0.15) is 57.5 Å². The molecule has 244 valence electrons. The maximum Gasteiger partial charge on any atom is 0.354 e. The van der Waals surface area contributed by atoms with E-state index in [1.54, 1.807) is 30.9 Å². The molecule has 1 aliphatic rings. The fourth-order valence-electron chi connectivity index (χ4n) is 4.56. The van der Waals surface area contributed by atoms with Gasteiger partial charge in [0.1, 0.15) is 24.3 Å². The van der Waals surface area contributed by atoms with Crippen LogP contribution >= 0.6 is 24.0 Å². The van der Waals surface area contributed by atoms with Crippen molar-refractivity contribution in [3.8, 4) is 5.75 Å². The Labute approximate surface area is 274 Å². The second kappa shape index (κ2) is 14.4. The molecule has 1 heterocycles. The highest BCUT2D eigenvalue weighted by Crippen LogP contribution is 2.47. The van der Waals surface area contributed by atoms with Gasteiger partial charge in [0.15, 0.2) is 8.32 Å². The van der Waals surface area contributed by atoms with Crippen molar-refractivity contribution in [2.45, 2.75) is 84.0 Å². The minimum atomic E-state index is -2.23. The molecule has 0 radical (unpaired) electrons. The van der Waals surface area contributed by atoms with E-state index in [1.807, 2.05) is 6.92 Å². The molecular formula is C31H41N3O8S2Si. The zero-order chi connectivity index (χ0) is 33.9. The number of non-ortho nitro benzene ring substituents is 1. The average molecular weight is 676 g/mol. The molecule has 2 aromatic rings. The average Bonchev–Trinajstić information content (AvgIpc) is 2.93. The summed E-state index contributed by atoms with van der Waals surface area (Å²) < 4.78 is 18.3. The largest absolute Gasteiger partial charge is 0.456 e. The Kier molecular flexibility index (Phi) is 11.6. The van der Waals surface area contributed by atoms with Crippen molar-refractivity contribution in [3.63, 3.8) is 0 Å². The third-order valence-electron chi connectivity index (χ3n) is 8.06. The second-order valence-electron chi connectivity index (χ2n) is 12.6. The third-order valence-corrected chi connectivity index (χ3v) is 14.1. The van der Waals surface area contributed by atoms with Crippen LogP contribution < -0.4 is 10.5 Å². The first-order valence-electron chi connectivity index (χ1n) is 14.3. The van der Waals surface area contributed by atoms with Crippen molar-refractivity contribution < 1.29 is 33.5 Å². The van der Waals surface area contributed by atoms with Crippen molar-refractivity contribution in [1.29, 1.82) is 0 Å². The van der Waals surface area contributed by atoms with E-state index in [9.17, 15) is 24.8 Å². The standard InChI is InChI=1S/C31H41N3O8S2Si/c1-18(2)25(29(37)40-17-20-9-13-22(14-10-20)34(38)39)33-27(36)24(19(3)42-45(7,8)31(4,5)6)28(33)44-30(43)41-23-15-11-21(12-16-23)26(32)35/h9-16,19,24,27-28,36H,17H2,1-8H3,(H2,32,35)/t19-,24?,27?,28?/m1/s1. The molecule has 3 unspecified atom stereocenters. The lowest BCUT2D eigenvalue weighted by Crippen LogP contribution is -2.67. The number of carbonyl (C=O) groups is 2. The molecule has 1 aliphatic heterocycles. The van der Waals surface area contributed by atoms with E-state index in [4.69, 9.17) is 31.9 Å². The predicted octanol–water partition coefficient (Wildman–Crippen LogP) is 6.11. The van der Waals surface area contributed by atoms with E-state index < -0.39 is 42.6 Å². The van der Waals surface area contributed by atoms with Gasteiger partial charge in [-0.15, -0.1) is 0 Å². The van der Waals surface area contributed by atoms with Crippen LogP contribution in [0, 0.1) is 16.0 Å². The number of primary amides is 1. The van der Waals surface area contributed by atoms with Crippen LogP contribution in [0.5, 0.6) is 5.75 Å². The number of carbonyl (C=O) groups excluding carboxylic acids is 2. The van der Waals surface area contributed by atoms with Crippen molar-refractivity contribution in [2.24, 2.45) is 11.7 Å². The number of nitrogens with zero attached hydrogens (tertiary/aromatic N) is 2. The molecule has 0 aliphatic carbocycles. The zero-order valence-corrected chi connectivity index (χ0v) is 29.4. The summed E-state index contributed by atoms with van der Waals surface area (Å²) in [4.78, 5) is 37.0. The van der Waals surface area contributed by atoms with Gasteiger partial charge in [0, 0.05) is 17.7 Å². The van der Waals surface area contributed by atoms with Crippen LogP contribution in [-0.4, -0.2) is 57.2 Å². The monoisotopic (exact) mass is 675 g/mol. The molecule has 14 heteroatoms. The highest BCUT2D eigenvalue weighted by atomic mass is 32.2. The number of hydrogen-bond donors (Lipinski definition) is 2. The summed E-state index contributed by atoms with van der Waals surface area (Å²) >= 11 is 6.76. The highest BCUT2D eigenvalue weighted by molar-refractivity contribution is 8.23. The molecule has 0 spiro atoms. The smallest absolute Gasteiger partial charge is 0.354 e.